The van der Waals surface area contributed by atoms with Crippen LogP contribution in [0.3, 0.4) is 0 Å². The molecule has 0 radical (unpaired) electrons. The molecule has 0 aliphatic heterocycles. The van der Waals surface area contributed by atoms with E-state index in [1.807, 2.05) is 43.7 Å². The van der Waals surface area contributed by atoms with Crippen molar-refractivity contribution >= 4 is 39.3 Å². The number of hydrogen-bond donors (Lipinski definition) is 2. The summed E-state index contributed by atoms with van der Waals surface area (Å²) in [5, 5.41) is 2.75. The Balaban J connectivity index is 1.80. The van der Waals surface area contributed by atoms with Crippen molar-refractivity contribution in [3.05, 3.63) is 59.2 Å². The third kappa shape index (κ3) is 6.41. The Bertz CT molecular complexity index is 939. The molecule has 0 saturated carbocycles. The number of carbonyl (C=O) groups is 2. The average molecular weight is 407 g/mol. The number of thioether (sulfide) groups is 1. The zero-order valence-electron chi connectivity index (χ0n) is 15.4. The van der Waals surface area contributed by atoms with Crippen LogP contribution in [0, 0.1) is 20.8 Å². The van der Waals surface area contributed by atoms with E-state index in [0.717, 1.165) is 28.5 Å². The summed E-state index contributed by atoms with van der Waals surface area (Å²) in [7, 11) is -3.90. The van der Waals surface area contributed by atoms with Gasteiger partial charge in [0.1, 0.15) is 0 Å². The van der Waals surface area contributed by atoms with Gasteiger partial charge in [0.05, 0.1) is 16.4 Å². The van der Waals surface area contributed by atoms with Crippen molar-refractivity contribution in [3.8, 4) is 0 Å². The van der Waals surface area contributed by atoms with Gasteiger partial charge in [-0.2, -0.15) is 0 Å². The Hall–Kier alpha value is -2.32. The summed E-state index contributed by atoms with van der Waals surface area (Å²) in [4.78, 5) is 23.9. The first-order valence-electron chi connectivity index (χ1n) is 8.24. The number of amides is 2. The molecular formula is C19H22N2O4S2. The van der Waals surface area contributed by atoms with Crippen LogP contribution >= 0.6 is 11.8 Å². The number of sulfonamides is 1. The van der Waals surface area contributed by atoms with Crippen molar-refractivity contribution in [2.24, 2.45) is 0 Å². The summed E-state index contributed by atoms with van der Waals surface area (Å²) in [6, 6.07) is 11.8. The maximum absolute atomic E-state index is 12.1. The molecule has 6 nitrogen and oxygen atoms in total. The van der Waals surface area contributed by atoms with Crippen LogP contribution in [0.15, 0.2) is 47.4 Å². The Morgan fingerprint density at radius 1 is 0.889 bits per heavy atom. The van der Waals surface area contributed by atoms with Crippen LogP contribution in [0.5, 0.6) is 0 Å². The summed E-state index contributed by atoms with van der Waals surface area (Å²) in [5.74, 6) is -1.01. The van der Waals surface area contributed by atoms with Gasteiger partial charge in [0.25, 0.3) is 10.0 Å². The Morgan fingerprint density at radius 2 is 1.52 bits per heavy atom. The van der Waals surface area contributed by atoms with Crippen LogP contribution in [0.2, 0.25) is 0 Å². The fraction of sp³-hybridized carbons (Fsp3) is 0.263. The molecule has 8 heteroatoms. The molecule has 2 amide bonds. The highest BCUT2D eigenvalue weighted by molar-refractivity contribution is 8.00. The molecule has 0 spiro atoms. The van der Waals surface area contributed by atoms with Crippen molar-refractivity contribution in [2.45, 2.75) is 25.7 Å². The molecule has 2 aromatic carbocycles. The predicted octanol–water partition coefficient (Wildman–Crippen LogP) is 2.79. The molecule has 144 valence electrons. The van der Waals surface area contributed by atoms with Crippen LogP contribution in [-0.4, -0.2) is 31.7 Å². The number of rotatable bonds is 7. The zero-order valence-corrected chi connectivity index (χ0v) is 17.0. The summed E-state index contributed by atoms with van der Waals surface area (Å²) in [5.41, 5.74) is 3.82. The van der Waals surface area contributed by atoms with Crippen molar-refractivity contribution in [2.75, 3.05) is 16.8 Å². The van der Waals surface area contributed by atoms with E-state index in [9.17, 15) is 18.0 Å². The average Bonchev–Trinajstić information content (AvgIpc) is 2.58. The minimum atomic E-state index is -3.90. The summed E-state index contributed by atoms with van der Waals surface area (Å²) in [6.07, 6.45) is 0. The van der Waals surface area contributed by atoms with Gasteiger partial charge in [0.2, 0.25) is 11.8 Å². The fourth-order valence-electron chi connectivity index (χ4n) is 2.21. The molecule has 0 aliphatic rings. The van der Waals surface area contributed by atoms with E-state index in [1.54, 1.807) is 12.1 Å². The van der Waals surface area contributed by atoms with E-state index in [1.165, 1.54) is 12.1 Å². The smallest absolute Gasteiger partial charge is 0.264 e. The number of benzene rings is 2. The SMILES string of the molecule is Cc1ccc(S(=O)(=O)NC(=O)CSCC(=O)Nc2ccc(C)c(C)c2)cc1. The Morgan fingerprint density at radius 3 is 2.15 bits per heavy atom. The minimum absolute atomic E-state index is 0.0268. The highest BCUT2D eigenvalue weighted by Gasteiger charge is 2.17. The standard InChI is InChI=1S/C19H22N2O4S2/c1-13-4-8-17(9-5-13)27(24,25)21-19(23)12-26-11-18(22)20-16-7-6-14(2)15(3)10-16/h4-10H,11-12H2,1-3H3,(H,20,22)(H,21,23). The first-order chi connectivity index (χ1) is 12.7. The summed E-state index contributed by atoms with van der Waals surface area (Å²) >= 11 is 1.05. The maximum atomic E-state index is 12.1. The molecule has 0 aliphatic carbocycles. The first-order valence-corrected chi connectivity index (χ1v) is 10.9. The molecule has 0 saturated heterocycles. The normalized spacial score (nSPS) is 11.1. The van der Waals surface area contributed by atoms with E-state index in [-0.39, 0.29) is 22.3 Å². The molecule has 0 unspecified atom stereocenters. The number of anilines is 1. The topological polar surface area (TPSA) is 92.3 Å². The van der Waals surface area contributed by atoms with E-state index in [2.05, 4.69) is 5.32 Å². The third-order valence-corrected chi connectivity index (χ3v) is 6.16. The van der Waals surface area contributed by atoms with Crippen LogP contribution in [0.25, 0.3) is 0 Å². The van der Waals surface area contributed by atoms with Crippen molar-refractivity contribution in [1.82, 2.24) is 4.72 Å². The van der Waals surface area contributed by atoms with Crippen LogP contribution in [-0.2, 0) is 19.6 Å². The molecule has 27 heavy (non-hydrogen) atoms. The molecule has 0 bridgehead atoms. The summed E-state index contributed by atoms with van der Waals surface area (Å²) < 4.78 is 26.3. The van der Waals surface area contributed by atoms with E-state index in [4.69, 9.17) is 0 Å². The zero-order chi connectivity index (χ0) is 20.0. The monoisotopic (exact) mass is 406 g/mol. The van der Waals surface area contributed by atoms with Gasteiger partial charge in [-0.25, -0.2) is 13.1 Å². The Labute approximate surface area is 163 Å². The second-order valence-corrected chi connectivity index (χ2v) is 8.85. The van der Waals surface area contributed by atoms with E-state index >= 15 is 0 Å². The van der Waals surface area contributed by atoms with Gasteiger partial charge in [-0.1, -0.05) is 23.8 Å². The number of nitrogens with one attached hydrogen (secondary N) is 2. The minimum Gasteiger partial charge on any atom is -0.325 e. The highest BCUT2D eigenvalue weighted by Crippen LogP contribution is 2.15. The molecule has 2 N–H and O–H groups in total. The number of hydrogen-bond acceptors (Lipinski definition) is 5. The van der Waals surface area contributed by atoms with Gasteiger partial charge in [0.15, 0.2) is 0 Å². The van der Waals surface area contributed by atoms with Crippen LogP contribution in [0.1, 0.15) is 16.7 Å². The van der Waals surface area contributed by atoms with Gasteiger partial charge in [0, 0.05) is 5.69 Å². The molecular weight excluding hydrogens is 384 g/mol. The largest absolute Gasteiger partial charge is 0.325 e. The van der Waals surface area contributed by atoms with Gasteiger partial charge in [-0.3, -0.25) is 9.59 Å². The number of carbonyl (C=O) groups excluding carboxylic acids is 2. The summed E-state index contributed by atoms with van der Waals surface area (Å²) in [6.45, 7) is 5.78. The van der Waals surface area contributed by atoms with Crippen molar-refractivity contribution in [1.29, 1.82) is 0 Å². The van der Waals surface area contributed by atoms with Gasteiger partial charge < -0.3 is 5.32 Å². The van der Waals surface area contributed by atoms with Gasteiger partial charge in [-0.05, 0) is 56.2 Å². The highest BCUT2D eigenvalue weighted by atomic mass is 32.2. The van der Waals surface area contributed by atoms with Gasteiger partial charge in [-0.15, -0.1) is 11.8 Å². The van der Waals surface area contributed by atoms with Crippen molar-refractivity contribution < 1.29 is 18.0 Å². The lowest BCUT2D eigenvalue weighted by molar-refractivity contribution is -0.116. The third-order valence-electron chi connectivity index (χ3n) is 3.84. The van der Waals surface area contributed by atoms with Gasteiger partial charge >= 0.3 is 0 Å². The Kier molecular flexibility index (Phi) is 7.04. The van der Waals surface area contributed by atoms with Crippen LogP contribution in [0.4, 0.5) is 5.69 Å². The van der Waals surface area contributed by atoms with E-state index in [0.29, 0.717) is 5.69 Å². The van der Waals surface area contributed by atoms with Crippen molar-refractivity contribution in [3.63, 3.8) is 0 Å². The molecule has 0 atom stereocenters. The molecule has 0 heterocycles. The molecule has 2 rings (SSSR count). The second-order valence-electron chi connectivity index (χ2n) is 6.18. The lowest BCUT2D eigenvalue weighted by Gasteiger charge is -2.08. The van der Waals surface area contributed by atoms with E-state index < -0.39 is 15.9 Å². The number of aryl methyl sites for hydroxylation is 3. The lowest BCUT2D eigenvalue weighted by Crippen LogP contribution is -2.32. The first kappa shape index (κ1) is 21.0. The molecule has 2 aromatic rings. The maximum Gasteiger partial charge on any atom is 0.264 e. The fourth-order valence-corrected chi connectivity index (χ4v) is 3.90. The molecule has 0 fully saturated rings. The predicted molar refractivity (Wildman–Crippen MR) is 108 cm³/mol. The second kappa shape index (κ2) is 9.05. The quantitative estimate of drug-likeness (QED) is 0.738. The molecule has 0 aromatic heterocycles. The van der Waals surface area contributed by atoms with Crippen LogP contribution < -0.4 is 10.0 Å². The lowest BCUT2D eigenvalue weighted by atomic mass is 10.1.